The first kappa shape index (κ1) is 18.4. The lowest BCUT2D eigenvalue weighted by atomic mass is 10.1. The highest BCUT2D eigenvalue weighted by Crippen LogP contribution is 2.40. The highest BCUT2D eigenvalue weighted by molar-refractivity contribution is 7.18. The smallest absolute Gasteiger partial charge is 0.416 e. The molecule has 0 aliphatic carbocycles. The van der Waals surface area contributed by atoms with Crippen LogP contribution in [0.25, 0.3) is 10.2 Å². The van der Waals surface area contributed by atoms with Gasteiger partial charge in [-0.15, -0.1) is 11.3 Å². The summed E-state index contributed by atoms with van der Waals surface area (Å²) in [7, 11) is 0. The van der Waals surface area contributed by atoms with E-state index in [-0.39, 0.29) is 11.9 Å². The highest BCUT2D eigenvalue weighted by atomic mass is 32.1. The molecule has 0 amide bonds. The van der Waals surface area contributed by atoms with Crippen LogP contribution in [0.5, 0.6) is 11.6 Å². The molecule has 3 rings (SSSR count). The topological polar surface area (TPSA) is 35.0 Å². The Hall–Kier alpha value is -2.36. The molecular formula is C16H10F6N2OS. The number of aryl methyl sites for hydroxylation is 2. The van der Waals surface area contributed by atoms with Crippen molar-refractivity contribution in [3.8, 4) is 11.6 Å². The van der Waals surface area contributed by atoms with Crippen molar-refractivity contribution in [3.05, 3.63) is 46.1 Å². The third-order valence-corrected chi connectivity index (χ3v) is 4.82. The van der Waals surface area contributed by atoms with E-state index in [0.717, 1.165) is 16.8 Å². The molecule has 0 saturated heterocycles. The van der Waals surface area contributed by atoms with Crippen molar-refractivity contribution in [1.29, 1.82) is 0 Å². The first-order chi connectivity index (χ1) is 12.0. The summed E-state index contributed by atoms with van der Waals surface area (Å²) < 4.78 is 83.0. The zero-order chi connectivity index (χ0) is 19.3. The Bertz CT molecular complexity index is 945. The summed E-state index contributed by atoms with van der Waals surface area (Å²) in [5.41, 5.74) is -2.15. The van der Waals surface area contributed by atoms with Crippen molar-refractivity contribution < 1.29 is 31.1 Å². The van der Waals surface area contributed by atoms with Crippen LogP contribution in [0.4, 0.5) is 26.3 Å². The second-order valence-corrected chi connectivity index (χ2v) is 6.69. The fourth-order valence-electron chi connectivity index (χ4n) is 2.32. The predicted molar refractivity (Wildman–Crippen MR) is 83.4 cm³/mol. The van der Waals surface area contributed by atoms with Gasteiger partial charge >= 0.3 is 12.4 Å². The van der Waals surface area contributed by atoms with Crippen LogP contribution in [0, 0.1) is 13.8 Å². The molecule has 26 heavy (non-hydrogen) atoms. The lowest BCUT2D eigenvalue weighted by Crippen LogP contribution is -2.11. The fraction of sp³-hybridized carbons (Fsp3) is 0.250. The van der Waals surface area contributed by atoms with Crippen molar-refractivity contribution >= 4 is 21.6 Å². The summed E-state index contributed by atoms with van der Waals surface area (Å²) in [5.74, 6) is -0.695. The lowest BCUT2D eigenvalue weighted by Gasteiger charge is -2.14. The number of hydrogen-bond acceptors (Lipinski definition) is 4. The van der Waals surface area contributed by atoms with Gasteiger partial charge in [0.15, 0.2) is 0 Å². The Balaban J connectivity index is 2.13. The van der Waals surface area contributed by atoms with Gasteiger partial charge < -0.3 is 4.74 Å². The molecule has 138 valence electrons. The number of benzene rings is 1. The van der Waals surface area contributed by atoms with Crippen LogP contribution >= 0.6 is 11.3 Å². The van der Waals surface area contributed by atoms with Crippen LogP contribution < -0.4 is 4.74 Å². The fourth-order valence-corrected chi connectivity index (χ4v) is 3.31. The van der Waals surface area contributed by atoms with Crippen molar-refractivity contribution in [2.75, 3.05) is 0 Å². The van der Waals surface area contributed by atoms with E-state index in [2.05, 4.69) is 9.97 Å². The van der Waals surface area contributed by atoms with Gasteiger partial charge in [0, 0.05) is 4.88 Å². The molecular weight excluding hydrogens is 382 g/mol. The third kappa shape index (κ3) is 3.46. The number of ether oxygens (including phenoxy) is 1. The maximum absolute atomic E-state index is 12.9. The molecule has 0 fully saturated rings. The van der Waals surface area contributed by atoms with Gasteiger partial charge in [-0.1, -0.05) is 0 Å². The number of fused-ring (bicyclic) bond motifs is 1. The van der Waals surface area contributed by atoms with E-state index in [1.165, 1.54) is 11.3 Å². The average Bonchev–Trinajstić information content (AvgIpc) is 2.81. The third-order valence-electron chi connectivity index (χ3n) is 3.71. The van der Waals surface area contributed by atoms with Gasteiger partial charge in [-0.05, 0) is 37.6 Å². The monoisotopic (exact) mass is 392 g/mol. The van der Waals surface area contributed by atoms with Gasteiger partial charge in [-0.25, -0.2) is 9.97 Å². The number of rotatable bonds is 2. The summed E-state index contributed by atoms with van der Waals surface area (Å²) in [6.07, 6.45) is -8.75. The first-order valence-corrected chi connectivity index (χ1v) is 7.96. The summed E-state index contributed by atoms with van der Waals surface area (Å²) in [6, 6.07) is 1.07. The van der Waals surface area contributed by atoms with Gasteiger partial charge in [0.25, 0.3) is 0 Å². The van der Waals surface area contributed by atoms with E-state index in [1.54, 1.807) is 6.92 Å². The quantitative estimate of drug-likeness (QED) is 0.492. The summed E-state index contributed by atoms with van der Waals surface area (Å²) in [4.78, 5) is 9.35. The molecule has 10 heteroatoms. The van der Waals surface area contributed by atoms with Crippen molar-refractivity contribution in [2.45, 2.75) is 26.2 Å². The van der Waals surface area contributed by atoms with E-state index in [9.17, 15) is 26.3 Å². The Morgan fingerprint density at radius 2 is 1.46 bits per heavy atom. The molecule has 0 spiro atoms. The number of thiophene rings is 1. The van der Waals surface area contributed by atoms with Crippen LogP contribution in [-0.4, -0.2) is 9.97 Å². The summed E-state index contributed by atoms with van der Waals surface area (Å²) in [6.45, 7) is 3.56. The number of nitrogens with zero attached hydrogens (tertiary/aromatic N) is 2. The number of alkyl halides is 6. The SMILES string of the molecule is Cc1sc2ncnc(Oc3cc(C(F)(F)F)cc(C(F)(F)F)c3)c2c1C. The molecule has 0 saturated carbocycles. The van der Waals surface area contributed by atoms with Crippen LogP contribution in [-0.2, 0) is 12.4 Å². The maximum Gasteiger partial charge on any atom is 0.416 e. The van der Waals surface area contributed by atoms with Gasteiger partial charge in [-0.2, -0.15) is 26.3 Å². The number of hydrogen-bond donors (Lipinski definition) is 0. The second-order valence-electron chi connectivity index (χ2n) is 5.49. The molecule has 3 nitrogen and oxygen atoms in total. The molecule has 2 heterocycles. The average molecular weight is 392 g/mol. The molecule has 0 N–H and O–H groups in total. The van der Waals surface area contributed by atoms with Crippen LogP contribution in [0.15, 0.2) is 24.5 Å². The first-order valence-electron chi connectivity index (χ1n) is 7.15. The van der Waals surface area contributed by atoms with Gasteiger partial charge in [-0.3, -0.25) is 0 Å². The van der Waals surface area contributed by atoms with E-state index in [0.29, 0.717) is 22.3 Å². The van der Waals surface area contributed by atoms with E-state index >= 15 is 0 Å². The Morgan fingerprint density at radius 1 is 0.885 bits per heavy atom. The predicted octanol–water partition coefficient (Wildman–Crippen LogP) is 6.14. The van der Waals surface area contributed by atoms with Crippen LogP contribution in [0.1, 0.15) is 21.6 Å². The molecule has 0 atom stereocenters. The summed E-state index contributed by atoms with van der Waals surface area (Å²) >= 11 is 1.33. The molecule has 2 aromatic heterocycles. The Morgan fingerprint density at radius 3 is 2.00 bits per heavy atom. The number of aromatic nitrogens is 2. The van der Waals surface area contributed by atoms with Crippen molar-refractivity contribution in [2.24, 2.45) is 0 Å². The largest absolute Gasteiger partial charge is 0.438 e. The minimum atomic E-state index is -4.95. The minimum absolute atomic E-state index is 0.0441. The van der Waals surface area contributed by atoms with Crippen LogP contribution in [0.2, 0.25) is 0 Å². The molecule has 1 aromatic carbocycles. The van der Waals surface area contributed by atoms with Gasteiger partial charge in [0.2, 0.25) is 5.88 Å². The highest BCUT2D eigenvalue weighted by Gasteiger charge is 2.37. The molecule has 0 aliphatic heterocycles. The molecule has 0 radical (unpaired) electrons. The van der Waals surface area contributed by atoms with Gasteiger partial charge in [0.1, 0.15) is 16.9 Å². The second kappa shape index (κ2) is 6.11. The molecule has 0 unspecified atom stereocenters. The molecule has 3 aromatic rings. The molecule has 0 bridgehead atoms. The van der Waals surface area contributed by atoms with Crippen molar-refractivity contribution in [1.82, 2.24) is 9.97 Å². The zero-order valence-corrected chi connectivity index (χ0v) is 14.1. The summed E-state index contributed by atoms with van der Waals surface area (Å²) in [5, 5.41) is 0.459. The van der Waals surface area contributed by atoms with Gasteiger partial charge in [0.05, 0.1) is 16.5 Å². The minimum Gasteiger partial charge on any atom is -0.438 e. The lowest BCUT2D eigenvalue weighted by molar-refractivity contribution is -0.143. The maximum atomic E-state index is 12.9. The molecule has 0 aliphatic rings. The van der Waals surface area contributed by atoms with Crippen LogP contribution in [0.3, 0.4) is 0 Å². The van der Waals surface area contributed by atoms with E-state index in [4.69, 9.17) is 4.74 Å². The van der Waals surface area contributed by atoms with E-state index < -0.39 is 29.2 Å². The van der Waals surface area contributed by atoms with E-state index in [1.807, 2.05) is 6.92 Å². The van der Waals surface area contributed by atoms with Crippen molar-refractivity contribution in [3.63, 3.8) is 0 Å². The zero-order valence-electron chi connectivity index (χ0n) is 13.3. The Kier molecular flexibility index (Phi) is 4.33. The standard InChI is InChI=1S/C16H10F6N2OS/c1-7-8(2)26-14-12(7)13(23-6-24-14)25-11-4-9(15(17,18)19)3-10(5-11)16(20,21)22/h3-6H,1-2H3. The number of halogens is 6. The Labute approximate surface area is 147 Å². The normalized spacial score (nSPS) is 12.6.